The zero-order chi connectivity index (χ0) is 17.6. The monoisotopic (exact) mass is 360 g/mol. The molecule has 1 aliphatic rings. The van der Waals surface area contributed by atoms with Crippen molar-refractivity contribution in [3.05, 3.63) is 41.7 Å². The van der Waals surface area contributed by atoms with Crippen LogP contribution in [0.5, 0.6) is 5.75 Å². The number of nitrogens with zero attached hydrogens (tertiary/aromatic N) is 3. The van der Waals surface area contributed by atoms with Crippen LogP contribution in [0.3, 0.4) is 0 Å². The molecule has 0 radical (unpaired) electrons. The fourth-order valence-electron chi connectivity index (χ4n) is 2.71. The number of piperidine rings is 1. The van der Waals surface area contributed by atoms with Gasteiger partial charge in [-0.05, 0) is 37.0 Å². The van der Waals surface area contributed by atoms with Crippen LogP contribution in [0.15, 0.2) is 36.7 Å². The fourth-order valence-corrected chi connectivity index (χ4v) is 2.89. The van der Waals surface area contributed by atoms with E-state index in [2.05, 4.69) is 27.1 Å². The van der Waals surface area contributed by atoms with E-state index in [1.807, 2.05) is 0 Å². The second-order valence-electron chi connectivity index (χ2n) is 6.23. The molecule has 0 atom stereocenters. The number of ether oxygens (including phenoxy) is 1. The summed E-state index contributed by atoms with van der Waals surface area (Å²) >= 11 is 5.89. The molecule has 1 saturated heterocycles. The fraction of sp³-hybridized carbons (Fsp3) is 0.389. The quantitative estimate of drug-likeness (QED) is 0.885. The molecule has 3 rings (SSSR count). The first-order chi connectivity index (χ1) is 12.1. The number of aromatic nitrogens is 2. The van der Waals surface area contributed by atoms with Gasteiger partial charge in [-0.25, -0.2) is 9.97 Å². The number of halogens is 1. The number of carbonyl (C=O) groups excluding carboxylic acids is 1. The summed E-state index contributed by atoms with van der Waals surface area (Å²) < 4.78 is 5.43. The first-order valence-corrected chi connectivity index (χ1v) is 8.73. The number of rotatable bonds is 5. The van der Waals surface area contributed by atoms with Gasteiger partial charge in [0, 0.05) is 24.2 Å². The highest BCUT2D eigenvalue weighted by Crippen LogP contribution is 2.22. The third kappa shape index (κ3) is 5.06. The van der Waals surface area contributed by atoms with E-state index in [1.165, 1.54) is 6.33 Å². The van der Waals surface area contributed by atoms with Crippen LogP contribution < -0.4 is 15.0 Å². The Morgan fingerprint density at radius 3 is 2.88 bits per heavy atom. The minimum Gasteiger partial charge on any atom is -0.484 e. The van der Waals surface area contributed by atoms with E-state index in [4.69, 9.17) is 16.3 Å². The molecule has 0 saturated carbocycles. The Labute approximate surface area is 152 Å². The molecule has 2 heterocycles. The molecule has 132 valence electrons. The first kappa shape index (κ1) is 17.5. The number of carbonyl (C=O) groups is 1. The highest BCUT2D eigenvalue weighted by atomic mass is 35.5. The molecular formula is C18H21ClN4O2. The van der Waals surface area contributed by atoms with E-state index >= 15 is 0 Å². The second kappa shape index (κ2) is 8.16. The highest BCUT2D eigenvalue weighted by Gasteiger charge is 2.17. The lowest BCUT2D eigenvalue weighted by Crippen LogP contribution is -2.33. The maximum Gasteiger partial charge on any atom is 0.263 e. The zero-order valence-electron chi connectivity index (χ0n) is 14.1. The smallest absolute Gasteiger partial charge is 0.263 e. The number of amides is 1. The topological polar surface area (TPSA) is 67.4 Å². The van der Waals surface area contributed by atoms with Gasteiger partial charge in [-0.2, -0.15) is 0 Å². The summed E-state index contributed by atoms with van der Waals surface area (Å²) in [5.74, 6) is 2.34. The maximum absolute atomic E-state index is 12.1. The van der Waals surface area contributed by atoms with Gasteiger partial charge in [0.1, 0.15) is 23.7 Å². The van der Waals surface area contributed by atoms with Crippen molar-refractivity contribution in [3.8, 4) is 5.75 Å². The van der Waals surface area contributed by atoms with Crippen molar-refractivity contribution in [2.24, 2.45) is 5.92 Å². The van der Waals surface area contributed by atoms with E-state index < -0.39 is 0 Å². The Hall–Kier alpha value is -2.34. The summed E-state index contributed by atoms with van der Waals surface area (Å²) in [4.78, 5) is 22.7. The van der Waals surface area contributed by atoms with E-state index in [0.717, 1.165) is 37.7 Å². The Kier molecular flexibility index (Phi) is 5.71. The number of hydrogen-bond acceptors (Lipinski definition) is 5. The molecule has 6 nitrogen and oxygen atoms in total. The van der Waals surface area contributed by atoms with Gasteiger partial charge in [0.25, 0.3) is 5.91 Å². The minimum absolute atomic E-state index is 0.110. The molecule has 0 spiro atoms. The van der Waals surface area contributed by atoms with Crippen molar-refractivity contribution in [1.82, 2.24) is 9.97 Å². The Morgan fingerprint density at radius 1 is 1.32 bits per heavy atom. The van der Waals surface area contributed by atoms with E-state index in [-0.39, 0.29) is 12.5 Å². The van der Waals surface area contributed by atoms with Gasteiger partial charge < -0.3 is 15.0 Å². The number of hydrogen-bond donors (Lipinski definition) is 1. The maximum atomic E-state index is 12.1. The van der Waals surface area contributed by atoms with E-state index in [0.29, 0.717) is 16.6 Å². The molecule has 1 aliphatic heterocycles. The lowest BCUT2D eigenvalue weighted by molar-refractivity contribution is -0.118. The standard InChI is InChI=1S/C18H21ClN4O2/c1-13-5-7-23(8-6-13)17-10-16(20-12-21-17)22-18(24)11-25-15-4-2-3-14(19)9-15/h2-4,9-10,12-13H,5-8,11H2,1H3,(H,20,21,22,24). The van der Waals surface area contributed by atoms with Crippen molar-refractivity contribution < 1.29 is 9.53 Å². The van der Waals surface area contributed by atoms with Crippen LogP contribution in [0.2, 0.25) is 5.02 Å². The van der Waals surface area contributed by atoms with Crippen molar-refractivity contribution in [2.45, 2.75) is 19.8 Å². The average molecular weight is 361 g/mol. The number of benzene rings is 1. The molecule has 2 aromatic rings. The van der Waals surface area contributed by atoms with Gasteiger partial charge in [0.15, 0.2) is 6.61 Å². The largest absolute Gasteiger partial charge is 0.484 e. The van der Waals surface area contributed by atoms with Crippen LogP contribution in [0, 0.1) is 5.92 Å². The zero-order valence-corrected chi connectivity index (χ0v) is 14.9. The predicted molar refractivity (Wildman–Crippen MR) is 98.2 cm³/mol. The Morgan fingerprint density at radius 2 is 2.12 bits per heavy atom. The summed E-state index contributed by atoms with van der Waals surface area (Å²) in [6.45, 7) is 4.11. The van der Waals surface area contributed by atoms with Gasteiger partial charge in [-0.1, -0.05) is 24.6 Å². The summed E-state index contributed by atoms with van der Waals surface area (Å²) in [7, 11) is 0. The normalized spacial score (nSPS) is 15.0. The van der Waals surface area contributed by atoms with Crippen molar-refractivity contribution in [3.63, 3.8) is 0 Å². The van der Waals surface area contributed by atoms with Gasteiger partial charge >= 0.3 is 0 Å². The van der Waals surface area contributed by atoms with Crippen LogP contribution >= 0.6 is 11.6 Å². The molecule has 25 heavy (non-hydrogen) atoms. The predicted octanol–water partition coefficient (Wildman–Crippen LogP) is 3.38. The van der Waals surface area contributed by atoms with Crippen molar-refractivity contribution in [2.75, 3.05) is 29.9 Å². The Bertz CT molecular complexity index is 733. The van der Waals surface area contributed by atoms with Crippen LogP contribution in [0.1, 0.15) is 19.8 Å². The van der Waals surface area contributed by atoms with Gasteiger partial charge in [-0.15, -0.1) is 0 Å². The summed E-state index contributed by atoms with van der Waals surface area (Å²) in [6.07, 6.45) is 3.78. The van der Waals surface area contributed by atoms with Crippen LogP contribution in [0.4, 0.5) is 11.6 Å². The van der Waals surface area contributed by atoms with Gasteiger partial charge in [0.2, 0.25) is 0 Å². The minimum atomic E-state index is -0.281. The van der Waals surface area contributed by atoms with Crippen molar-refractivity contribution in [1.29, 1.82) is 0 Å². The number of anilines is 2. The molecule has 0 unspecified atom stereocenters. The molecule has 1 amide bonds. The molecule has 1 N–H and O–H groups in total. The summed E-state index contributed by atoms with van der Waals surface area (Å²) in [5, 5.41) is 3.30. The third-order valence-electron chi connectivity index (χ3n) is 4.19. The lowest BCUT2D eigenvalue weighted by Gasteiger charge is -2.31. The molecule has 7 heteroatoms. The first-order valence-electron chi connectivity index (χ1n) is 8.35. The Balaban J connectivity index is 1.55. The average Bonchev–Trinajstić information content (AvgIpc) is 2.61. The third-order valence-corrected chi connectivity index (χ3v) is 4.43. The molecule has 1 aromatic carbocycles. The molecule has 1 aromatic heterocycles. The van der Waals surface area contributed by atoms with Gasteiger partial charge in [-0.3, -0.25) is 4.79 Å². The highest BCUT2D eigenvalue weighted by molar-refractivity contribution is 6.30. The van der Waals surface area contributed by atoms with E-state index in [9.17, 15) is 4.79 Å². The van der Waals surface area contributed by atoms with E-state index in [1.54, 1.807) is 30.3 Å². The molecular weight excluding hydrogens is 340 g/mol. The van der Waals surface area contributed by atoms with Crippen LogP contribution in [-0.2, 0) is 4.79 Å². The summed E-state index contributed by atoms with van der Waals surface area (Å²) in [6, 6.07) is 8.73. The lowest BCUT2D eigenvalue weighted by atomic mass is 9.99. The molecule has 1 fully saturated rings. The van der Waals surface area contributed by atoms with Crippen LogP contribution in [-0.4, -0.2) is 35.6 Å². The summed E-state index contributed by atoms with van der Waals surface area (Å²) in [5.41, 5.74) is 0. The molecule has 0 aliphatic carbocycles. The second-order valence-corrected chi connectivity index (χ2v) is 6.66. The van der Waals surface area contributed by atoms with Gasteiger partial charge in [0.05, 0.1) is 0 Å². The number of nitrogens with one attached hydrogen (secondary N) is 1. The van der Waals surface area contributed by atoms with Crippen LogP contribution in [0.25, 0.3) is 0 Å². The molecule has 0 bridgehead atoms. The SMILES string of the molecule is CC1CCN(c2cc(NC(=O)COc3cccc(Cl)c3)ncn2)CC1. The van der Waals surface area contributed by atoms with Crippen molar-refractivity contribution >= 4 is 29.1 Å².